The van der Waals surface area contributed by atoms with Crippen LogP contribution < -0.4 is 10.5 Å². The molecule has 1 aliphatic rings. The number of Topliss-reactive ketones (excluding diaryl/α,β-unsaturated/α-hetero) is 1. The topological polar surface area (TPSA) is 77.6 Å². The Kier molecular flexibility index (Phi) is 5.05. The average Bonchev–Trinajstić information content (AvgIpc) is 2.90. The van der Waals surface area contributed by atoms with E-state index in [1.54, 1.807) is 7.11 Å². The van der Waals surface area contributed by atoms with Gasteiger partial charge < -0.3 is 15.0 Å². The minimum atomic E-state index is -0.237. The maximum absolute atomic E-state index is 13.3. The number of hydrogen-bond donors (Lipinski definition) is 1. The van der Waals surface area contributed by atoms with Gasteiger partial charge in [0.2, 0.25) is 5.91 Å². The summed E-state index contributed by atoms with van der Waals surface area (Å²) in [6.45, 7) is 5.36. The summed E-state index contributed by atoms with van der Waals surface area (Å²) in [5, 5.41) is 0.924. The lowest BCUT2D eigenvalue weighted by atomic mass is 9.93. The fraction of sp³-hybridized carbons (Fsp3) is 0.500. The first-order valence-electron chi connectivity index (χ1n) is 9.05. The molecule has 2 N–H and O–H groups in total. The van der Waals surface area contributed by atoms with Crippen LogP contribution in [0, 0.1) is 12.8 Å². The molecule has 0 aliphatic carbocycles. The smallest absolute Gasteiger partial charge is 0.220 e. The Morgan fingerprint density at radius 1 is 1.27 bits per heavy atom. The third-order valence-electron chi connectivity index (χ3n) is 5.80. The van der Waals surface area contributed by atoms with E-state index in [0.29, 0.717) is 13.1 Å². The highest BCUT2D eigenvalue weighted by Crippen LogP contribution is 2.30. The third kappa shape index (κ3) is 3.09. The molecule has 1 aromatic heterocycles. The number of likely N-dealkylation sites (tertiary alicyclic amines) is 1. The van der Waals surface area contributed by atoms with Gasteiger partial charge in [-0.15, -0.1) is 0 Å². The zero-order valence-electron chi connectivity index (χ0n) is 15.9. The number of fused-ring (bicyclic) bond motifs is 1. The second kappa shape index (κ2) is 7.11. The van der Waals surface area contributed by atoms with E-state index in [9.17, 15) is 9.59 Å². The monoisotopic (exact) mass is 357 g/mol. The zero-order chi connectivity index (χ0) is 19.0. The van der Waals surface area contributed by atoms with Gasteiger partial charge in [-0.1, -0.05) is 0 Å². The number of ketones is 1. The van der Waals surface area contributed by atoms with E-state index in [1.807, 2.05) is 43.7 Å². The minimum absolute atomic E-state index is 0.0721. The van der Waals surface area contributed by atoms with Gasteiger partial charge in [0.05, 0.1) is 13.2 Å². The first kappa shape index (κ1) is 18.5. The van der Waals surface area contributed by atoms with Gasteiger partial charge in [-0.25, -0.2) is 0 Å². The Hall–Kier alpha value is -2.34. The molecule has 1 aromatic carbocycles. The van der Waals surface area contributed by atoms with Crippen LogP contribution >= 0.6 is 0 Å². The molecule has 2 heterocycles. The summed E-state index contributed by atoms with van der Waals surface area (Å²) in [6.07, 6.45) is 1.44. The van der Waals surface area contributed by atoms with Gasteiger partial charge in [0.1, 0.15) is 5.75 Å². The standard InChI is InChI=1S/C20H27N3O3/c1-12-18(16-11-15(26-4)5-6-17(16)22(12)3)19(24)13(2)23-9-7-14(8-10-23)20(21)25/h5-6,11,13-14H,7-10H2,1-4H3,(H2,21,25)/t13-/m0/s1. The van der Waals surface area contributed by atoms with Crippen molar-refractivity contribution in [3.05, 3.63) is 29.5 Å². The Morgan fingerprint density at radius 2 is 1.92 bits per heavy atom. The number of nitrogens with two attached hydrogens (primary N) is 1. The molecule has 0 bridgehead atoms. The van der Waals surface area contributed by atoms with E-state index in [-0.39, 0.29) is 23.7 Å². The maximum Gasteiger partial charge on any atom is 0.220 e. The number of carbonyl (C=O) groups excluding carboxylic acids is 2. The quantitative estimate of drug-likeness (QED) is 0.833. The molecule has 3 rings (SSSR count). The molecule has 1 aliphatic heterocycles. The van der Waals surface area contributed by atoms with Gasteiger partial charge in [-0.05, 0) is 58.0 Å². The number of carbonyl (C=O) groups is 2. The molecule has 140 valence electrons. The van der Waals surface area contributed by atoms with Crippen molar-refractivity contribution in [1.29, 1.82) is 0 Å². The molecule has 1 saturated heterocycles. The number of hydrogen-bond acceptors (Lipinski definition) is 4. The number of ether oxygens (including phenoxy) is 1. The number of rotatable bonds is 5. The number of primary amides is 1. The van der Waals surface area contributed by atoms with E-state index >= 15 is 0 Å². The number of nitrogens with zero attached hydrogens (tertiary/aromatic N) is 2. The summed E-state index contributed by atoms with van der Waals surface area (Å²) >= 11 is 0. The SMILES string of the molecule is COc1ccc2c(c1)c(C(=O)[C@H](C)N1CCC(C(N)=O)CC1)c(C)n2C. The molecule has 0 spiro atoms. The normalized spacial score (nSPS) is 17.4. The van der Waals surface area contributed by atoms with Gasteiger partial charge in [0, 0.05) is 35.1 Å². The van der Waals surface area contributed by atoms with Crippen molar-refractivity contribution >= 4 is 22.6 Å². The molecule has 1 atom stereocenters. The number of methoxy groups -OCH3 is 1. The highest BCUT2D eigenvalue weighted by molar-refractivity contribution is 6.12. The van der Waals surface area contributed by atoms with Crippen LogP contribution in [0.25, 0.3) is 10.9 Å². The van der Waals surface area contributed by atoms with Crippen molar-refractivity contribution in [2.75, 3.05) is 20.2 Å². The summed E-state index contributed by atoms with van der Waals surface area (Å²) in [5.41, 5.74) is 8.14. The van der Waals surface area contributed by atoms with Crippen molar-refractivity contribution in [3.63, 3.8) is 0 Å². The number of amides is 1. The van der Waals surface area contributed by atoms with Crippen LogP contribution in [0.15, 0.2) is 18.2 Å². The van der Waals surface area contributed by atoms with Crippen molar-refractivity contribution in [2.24, 2.45) is 18.7 Å². The fourth-order valence-corrected chi connectivity index (χ4v) is 3.94. The lowest BCUT2D eigenvalue weighted by Gasteiger charge is -2.34. The van der Waals surface area contributed by atoms with Crippen LogP contribution in [-0.4, -0.2) is 47.4 Å². The van der Waals surface area contributed by atoms with E-state index < -0.39 is 0 Å². The van der Waals surface area contributed by atoms with Gasteiger partial charge in [0.25, 0.3) is 0 Å². The Labute approximate surface area is 153 Å². The molecule has 6 nitrogen and oxygen atoms in total. The Morgan fingerprint density at radius 3 is 2.50 bits per heavy atom. The number of aryl methyl sites for hydroxylation is 1. The molecular weight excluding hydrogens is 330 g/mol. The maximum atomic E-state index is 13.3. The molecule has 0 radical (unpaired) electrons. The summed E-state index contributed by atoms with van der Waals surface area (Å²) in [5.74, 6) is 0.545. The minimum Gasteiger partial charge on any atom is -0.497 e. The number of benzene rings is 1. The van der Waals surface area contributed by atoms with E-state index in [2.05, 4.69) is 4.90 Å². The summed E-state index contributed by atoms with van der Waals surface area (Å²) in [7, 11) is 3.61. The van der Waals surface area contributed by atoms with Crippen molar-refractivity contribution in [1.82, 2.24) is 9.47 Å². The van der Waals surface area contributed by atoms with Crippen LogP contribution in [0.1, 0.15) is 35.8 Å². The van der Waals surface area contributed by atoms with Crippen LogP contribution in [0.3, 0.4) is 0 Å². The van der Waals surface area contributed by atoms with E-state index in [4.69, 9.17) is 10.5 Å². The summed E-state index contributed by atoms with van der Waals surface area (Å²) in [6, 6.07) is 5.59. The van der Waals surface area contributed by atoms with Crippen LogP contribution in [-0.2, 0) is 11.8 Å². The highest BCUT2D eigenvalue weighted by atomic mass is 16.5. The molecular formula is C20H27N3O3. The second-order valence-corrected chi connectivity index (χ2v) is 7.16. The van der Waals surface area contributed by atoms with Crippen LogP contribution in [0.5, 0.6) is 5.75 Å². The van der Waals surface area contributed by atoms with Crippen molar-refractivity contribution < 1.29 is 14.3 Å². The summed E-state index contributed by atoms with van der Waals surface area (Å²) in [4.78, 5) is 26.8. The largest absolute Gasteiger partial charge is 0.497 e. The third-order valence-corrected chi connectivity index (χ3v) is 5.80. The fourth-order valence-electron chi connectivity index (χ4n) is 3.94. The molecule has 2 aromatic rings. The van der Waals surface area contributed by atoms with Gasteiger partial charge in [0.15, 0.2) is 5.78 Å². The molecule has 0 saturated carbocycles. The van der Waals surface area contributed by atoms with Gasteiger partial charge in [-0.2, -0.15) is 0 Å². The Bertz CT molecular complexity index is 848. The van der Waals surface area contributed by atoms with E-state index in [1.165, 1.54) is 0 Å². The van der Waals surface area contributed by atoms with Gasteiger partial charge >= 0.3 is 0 Å². The average molecular weight is 357 g/mol. The molecule has 0 unspecified atom stereocenters. The van der Waals surface area contributed by atoms with Crippen molar-refractivity contribution in [2.45, 2.75) is 32.7 Å². The van der Waals surface area contributed by atoms with E-state index in [0.717, 1.165) is 40.8 Å². The van der Waals surface area contributed by atoms with Crippen molar-refractivity contribution in [3.8, 4) is 5.75 Å². The highest BCUT2D eigenvalue weighted by Gasteiger charge is 2.31. The molecule has 1 amide bonds. The molecule has 26 heavy (non-hydrogen) atoms. The second-order valence-electron chi connectivity index (χ2n) is 7.16. The predicted molar refractivity (Wildman–Crippen MR) is 101 cm³/mol. The lowest BCUT2D eigenvalue weighted by Crippen LogP contribution is -2.46. The Balaban J connectivity index is 1.90. The first-order valence-corrected chi connectivity index (χ1v) is 9.05. The first-order chi connectivity index (χ1) is 12.3. The number of piperidine rings is 1. The van der Waals surface area contributed by atoms with Crippen LogP contribution in [0.2, 0.25) is 0 Å². The number of aromatic nitrogens is 1. The van der Waals surface area contributed by atoms with Gasteiger partial charge in [-0.3, -0.25) is 14.5 Å². The lowest BCUT2D eigenvalue weighted by molar-refractivity contribution is -0.123. The zero-order valence-corrected chi connectivity index (χ0v) is 15.9. The summed E-state index contributed by atoms with van der Waals surface area (Å²) < 4.78 is 7.39. The van der Waals surface area contributed by atoms with Crippen LogP contribution in [0.4, 0.5) is 0 Å². The molecule has 6 heteroatoms. The predicted octanol–water partition coefficient (Wildman–Crippen LogP) is 2.26. The molecule has 1 fully saturated rings.